The molecular weight excluding hydrogens is 238 g/mol. The second kappa shape index (κ2) is 6.00. The van der Waals surface area contributed by atoms with E-state index in [1.54, 1.807) is 17.1 Å². The molecule has 0 spiro atoms. The van der Waals surface area contributed by atoms with Crippen LogP contribution in [0.15, 0.2) is 37.0 Å². The van der Waals surface area contributed by atoms with E-state index < -0.39 is 5.92 Å². The molecule has 0 aliphatic heterocycles. The molecular formula is C16H21NO2. The van der Waals surface area contributed by atoms with Crippen LogP contribution in [0.1, 0.15) is 25.7 Å². The van der Waals surface area contributed by atoms with E-state index in [2.05, 4.69) is 19.2 Å². The number of carbonyl (C=O) groups is 2. The molecule has 1 amide bonds. The number of hydrogen-bond acceptors (Lipinski definition) is 2. The molecule has 3 nitrogen and oxygen atoms in total. The number of allylic oxidation sites excluding steroid dienone is 2. The first-order valence-electron chi connectivity index (χ1n) is 6.92. The van der Waals surface area contributed by atoms with Crippen molar-refractivity contribution in [3.63, 3.8) is 0 Å². The summed E-state index contributed by atoms with van der Waals surface area (Å²) in [7, 11) is 0. The van der Waals surface area contributed by atoms with E-state index >= 15 is 0 Å². The molecule has 19 heavy (non-hydrogen) atoms. The smallest absolute Gasteiger partial charge is 0.234 e. The SMILES string of the molecule is C=CCN(CC=C)C(=O)C1CC/C(=C\C2CC2)C1=O. The number of ketones is 1. The second-order valence-corrected chi connectivity index (χ2v) is 5.31. The van der Waals surface area contributed by atoms with Crippen molar-refractivity contribution in [3.8, 4) is 0 Å². The number of nitrogens with zero attached hydrogens (tertiary/aromatic N) is 1. The Morgan fingerprint density at radius 1 is 1.21 bits per heavy atom. The van der Waals surface area contributed by atoms with Crippen molar-refractivity contribution in [2.24, 2.45) is 11.8 Å². The van der Waals surface area contributed by atoms with Crippen LogP contribution in [0.25, 0.3) is 0 Å². The predicted molar refractivity (Wildman–Crippen MR) is 75.5 cm³/mol. The Bertz CT molecular complexity index is 422. The average Bonchev–Trinajstić information content (AvgIpc) is 3.13. The summed E-state index contributed by atoms with van der Waals surface area (Å²) in [6.45, 7) is 8.23. The maximum Gasteiger partial charge on any atom is 0.234 e. The van der Waals surface area contributed by atoms with Crippen molar-refractivity contribution in [1.29, 1.82) is 0 Å². The summed E-state index contributed by atoms with van der Waals surface area (Å²) >= 11 is 0. The first kappa shape index (κ1) is 13.8. The first-order chi connectivity index (χ1) is 9.17. The lowest BCUT2D eigenvalue weighted by atomic mass is 10.0. The highest BCUT2D eigenvalue weighted by atomic mass is 16.2. The van der Waals surface area contributed by atoms with Gasteiger partial charge in [0.2, 0.25) is 5.91 Å². The van der Waals surface area contributed by atoms with Crippen LogP contribution in [0.5, 0.6) is 0 Å². The molecule has 0 heterocycles. The zero-order valence-corrected chi connectivity index (χ0v) is 11.3. The Labute approximate surface area is 114 Å². The Kier molecular flexibility index (Phi) is 4.35. The van der Waals surface area contributed by atoms with E-state index in [4.69, 9.17) is 0 Å². The van der Waals surface area contributed by atoms with Crippen LogP contribution >= 0.6 is 0 Å². The Morgan fingerprint density at radius 2 is 1.84 bits per heavy atom. The van der Waals surface area contributed by atoms with E-state index in [0.29, 0.717) is 25.4 Å². The summed E-state index contributed by atoms with van der Waals surface area (Å²) in [4.78, 5) is 26.3. The topological polar surface area (TPSA) is 37.4 Å². The van der Waals surface area contributed by atoms with Gasteiger partial charge in [0, 0.05) is 13.1 Å². The number of carbonyl (C=O) groups excluding carboxylic acids is 2. The number of amides is 1. The van der Waals surface area contributed by atoms with Crippen LogP contribution in [-0.4, -0.2) is 29.7 Å². The fourth-order valence-corrected chi connectivity index (χ4v) is 2.51. The quantitative estimate of drug-likeness (QED) is 0.417. The molecule has 0 aromatic heterocycles. The van der Waals surface area contributed by atoms with Gasteiger partial charge in [0.05, 0.1) is 0 Å². The van der Waals surface area contributed by atoms with Gasteiger partial charge in [-0.2, -0.15) is 0 Å². The summed E-state index contributed by atoms with van der Waals surface area (Å²) in [6, 6.07) is 0. The van der Waals surface area contributed by atoms with Gasteiger partial charge >= 0.3 is 0 Å². The summed E-state index contributed by atoms with van der Waals surface area (Å²) in [5.41, 5.74) is 0.873. The lowest BCUT2D eigenvalue weighted by Gasteiger charge is -2.22. The van der Waals surface area contributed by atoms with E-state index in [-0.39, 0.29) is 11.7 Å². The Morgan fingerprint density at radius 3 is 2.37 bits per heavy atom. The molecule has 3 heteroatoms. The van der Waals surface area contributed by atoms with E-state index in [1.165, 1.54) is 12.8 Å². The fourth-order valence-electron chi connectivity index (χ4n) is 2.51. The summed E-state index contributed by atoms with van der Waals surface area (Å²) in [6.07, 6.45) is 9.23. The molecule has 0 saturated heterocycles. The van der Waals surface area contributed by atoms with Gasteiger partial charge in [-0.25, -0.2) is 0 Å². The molecule has 2 fully saturated rings. The highest BCUT2D eigenvalue weighted by Gasteiger charge is 2.37. The molecule has 0 aromatic carbocycles. The highest BCUT2D eigenvalue weighted by molar-refractivity contribution is 6.11. The van der Waals surface area contributed by atoms with Crippen molar-refractivity contribution < 1.29 is 9.59 Å². The maximum absolute atomic E-state index is 12.4. The lowest BCUT2D eigenvalue weighted by molar-refractivity contribution is -0.138. The zero-order chi connectivity index (χ0) is 13.8. The highest BCUT2D eigenvalue weighted by Crippen LogP contribution is 2.36. The molecule has 0 aromatic rings. The normalized spacial score (nSPS) is 24.5. The van der Waals surface area contributed by atoms with Gasteiger partial charge in [-0.05, 0) is 37.2 Å². The predicted octanol–water partition coefficient (Wildman–Crippen LogP) is 2.50. The molecule has 2 aliphatic rings. The largest absolute Gasteiger partial charge is 0.335 e. The summed E-state index contributed by atoms with van der Waals surface area (Å²) in [5.74, 6) is 0.0641. The molecule has 0 radical (unpaired) electrons. The van der Waals surface area contributed by atoms with Crippen LogP contribution in [0.3, 0.4) is 0 Å². The van der Waals surface area contributed by atoms with Crippen LogP contribution < -0.4 is 0 Å². The molecule has 1 atom stereocenters. The molecule has 1 unspecified atom stereocenters. The van der Waals surface area contributed by atoms with Gasteiger partial charge in [-0.15, -0.1) is 13.2 Å². The molecule has 2 rings (SSSR count). The van der Waals surface area contributed by atoms with Crippen LogP contribution in [0.2, 0.25) is 0 Å². The van der Waals surface area contributed by atoms with Crippen molar-refractivity contribution >= 4 is 11.7 Å². The summed E-state index contributed by atoms with van der Waals surface area (Å²) in [5, 5.41) is 0. The van der Waals surface area contributed by atoms with Crippen LogP contribution in [0.4, 0.5) is 0 Å². The van der Waals surface area contributed by atoms with Gasteiger partial charge in [-0.1, -0.05) is 18.2 Å². The summed E-state index contributed by atoms with van der Waals surface area (Å²) < 4.78 is 0. The van der Waals surface area contributed by atoms with E-state index in [9.17, 15) is 9.59 Å². The van der Waals surface area contributed by atoms with Gasteiger partial charge in [0.15, 0.2) is 5.78 Å². The van der Waals surface area contributed by atoms with Gasteiger partial charge < -0.3 is 4.90 Å². The van der Waals surface area contributed by atoms with Crippen LogP contribution in [0, 0.1) is 11.8 Å². The third-order valence-corrected chi connectivity index (χ3v) is 3.70. The minimum atomic E-state index is -0.482. The Hall–Kier alpha value is -1.64. The van der Waals surface area contributed by atoms with Gasteiger partial charge in [0.1, 0.15) is 5.92 Å². The van der Waals surface area contributed by atoms with Gasteiger partial charge in [0.25, 0.3) is 0 Å². The minimum absolute atomic E-state index is 0.0371. The fraction of sp³-hybridized carbons (Fsp3) is 0.500. The van der Waals surface area contributed by atoms with Crippen LogP contribution in [-0.2, 0) is 9.59 Å². The van der Waals surface area contributed by atoms with Gasteiger partial charge in [-0.3, -0.25) is 9.59 Å². The van der Waals surface area contributed by atoms with Crippen molar-refractivity contribution in [1.82, 2.24) is 4.90 Å². The number of hydrogen-bond donors (Lipinski definition) is 0. The number of Topliss-reactive ketones (excluding diaryl/α,β-unsaturated/α-hetero) is 1. The molecule has 2 saturated carbocycles. The van der Waals surface area contributed by atoms with Crippen molar-refractivity contribution in [3.05, 3.63) is 37.0 Å². The Balaban J connectivity index is 2.04. The van der Waals surface area contributed by atoms with Crippen molar-refractivity contribution in [2.75, 3.05) is 13.1 Å². The zero-order valence-electron chi connectivity index (χ0n) is 11.3. The maximum atomic E-state index is 12.4. The first-order valence-corrected chi connectivity index (χ1v) is 6.92. The monoisotopic (exact) mass is 259 g/mol. The molecule has 0 bridgehead atoms. The molecule has 0 N–H and O–H groups in total. The molecule has 102 valence electrons. The lowest BCUT2D eigenvalue weighted by Crippen LogP contribution is -2.38. The third kappa shape index (κ3) is 3.22. The van der Waals surface area contributed by atoms with E-state index in [1.807, 2.05) is 0 Å². The average molecular weight is 259 g/mol. The molecule has 2 aliphatic carbocycles. The van der Waals surface area contributed by atoms with E-state index in [0.717, 1.165) is 12.0 Å². The third-order valence-electron chi connectivity index (χ3n) is 3.70. The minimum Gasteiger partial charge on any atom is -0.335 e. The van der Waals surface area contributed by atoms with Crippen molar-refractivity contribution in [2.45, 2.75) is 25.7 Å². The standard InChI is InChI=1S/C16H21NO2/c1-3-9-17(10-4-2)16(19)14-8-7-13(15(14)18)11-12-5-6-12/h3-4,11-12,14H,1-2,5-10H2/b13-11+. The second-order valence-electron chi connectivity index (χ2n) is 5.31. The number of rotatable bonds is 6.